The van der Waals surface area contributed by atoms with Crippen LogP contribution in [0.25, 0.3) is 93.6 Å². The van der Waals surface area contributed by atoms with E-state index in [0.29, 0.717) is 11.7 Å². The zero-order valence-electron chi connectivity index (χ0n) is 30.2. The summed E-state index contributed by atoms with van der Waals surface area (Å²) in [5, 5.41) is 9.67. The highest BCUT2D eigenvalue weighted by molar-refractivity contribution is 6.26. The minimum Gasteiger partial charge on any atom is -0.469 e. The Bertz CT molecular complexity index is 3250. The SMILES string of the molecule is C1=CC2Oc3nc(-c4ccc5c(c4)oc4c(-c6ccc7c8ccccc8c8ccccc8c7c6)cccc45)nc(-c4ccccc4)c3C2C=C1c1ccccc1. The Hall–Kier alpha value is -7.30. The minimum absolute atomic E-state index is 0.00227. The van der Waals surface area contributed by atoms with Crippen molar-refractivity contribution in [2.75, 3.05) is 0 Å². The van der Waals surface area contributed by atoms with Crippen molar-refractivity contribution < 1.29 is 9.15 Å². The van der Waals surface area contributed by atoms with Crippen LogP contribution < -0.4 is 4.74 Å². The maximum atomic E-state index is 6.80. The Morgan fingerprint density at radius 2 is 1.09 bits per heavy atom. The van der Waals surface area contributed by atoms with Gasteiger partial charge in [0, 0.05) is 27.5 Å². The van der Waals surface area contributed by atoms with Crippen LogP contribution in [0.5, 0.6) is 5.88 Å². The van der Waals surface area contributed by atoms with Gasteiger partial charge in [-0.1, -0.05) is 158 Å². The lowest BCUT2D eigenvalue weighted by molar-refractivity contribution is 0.261. The highest BCUT2D eigenvalue weighted by atomic mass is 16.5. The third-order valence-corrected chi connectivity index (χ3v) is 11.6. The highest BCUT2D eigenvalue weighted by Crippen LogP contribution is 2.48. The number of fused-ring (bicyclic) bond motifs is 12. The van der Waals surface area contributed by atoms with Crippen LogP contribution in [0.3, 0.4) is 0 Å². The van der Waals surface area contributed by atoms with Crippen LogP contribution in [0.4, 0.5) is 0 Å². The third-order valence-electron chi connectivity index (χ3n) is 11.6. The Morgan fingerprint density at radius 3 is 1.84 bits per heavy atom. The molecule has 0 bridgehead atoms. The molecule has 262 valence electrons. The van der Waals surface area contributed by atoms with Crippen molar-refractivity contribution in [2.24, 2.45) is 0 Å². The van der Waals surface area contributed by atoms with E-state index in [1.54, 1.807) is 0 Å². The van der Waals surface area contributed by atoms with E-state index in [2.05, 4.69) is 170 Å². The molecule has 12 rings (SSSR count). The number of nitrogens with zero attached hydrogens (tertiary/aromatic N) is 2. The van der Waals surface area contributed by atoms with Gasteiger partial charge in [-0.15, -0.1) is 0 Å². The summed E-state index contributed by atoms with van der Waals surface area (Å²) >= 11 is 0. The fourth-order valence-electron chi connectivity index (χ4n) is 9.00. The summed E-state index contributed by atoms with van der Waals surface area (Å²) in [5.74, 6) is 1.23. The summed E-state index contributed by atoms with van der Waals surface area (Å²) in [6, 6.07) is 57.8. The average molecular weight is 717 g/mol. The number of hydrogen-bond donors (Lipinski definition) is 0. The van der Waals surface area contributed by atoms with Crippen molar-refractivity contribution in [3.05, 3.63) is 193 Å². The molecule has 2 unspecified atom stereocenters. The van der Waals surface area contributed by atoms with E-state index in [4.69, 9.17) is 19.1 Å². The number of para-hydroxylation sites is 1. The molecule has 2 atom stereocenters. The number of aromatic nitrogens is 2. The molecule has 0 saturated heterocycles. The first-order valence-electron chi connectivity index (χ1n) is 19.1. The van der Waals surface area contributed by atoms with Gasteiger partial charge in [0.05, 0.1) is 17.2 Å². The summed E-state index contributed by atoms with van der Waals surface area (Å²) in [6.07, 6.45) is 6.47. The lowest BCUT2D eigenvalue weighted by atomic mass is 9.85. The molecule has 2 aromatic heterocycles. The Morgan fingerprint density at radius 1 is 0.464 bits per heavy atom. The van der Waals surface area contributed by atoms with Crippen LogP contribution in [0.2, 0.25) is 0 Å². The Kier molecular flexibility index (Phi) is 6.72. The second kappa shape index (κ2) is 12.1. The van der Waals surface area contributed by atoms with Crippen molar-refractivity contribution in [1.82, 2.24) is 9.97 Å². The molecule has 1 aliphatic heterocycles. The molecule has 0 radical (unpaired) electrons. The van der Waals surface area contributed by atoms with Gasteiger partial charge in [-0.3, -0.25) is 0 Å². The molecule has 4 nitrogen and oxygen atoms in total. The molecule has 0 spiro atoms. The Balaban J connectivity index is 0.991. The number of ether oxygens (including phenoxy) is 1. The van der Waals surface area contributed by atoms with Gasteiger partial charge >= 0.3 is 0 Å². The van der Waals surface area contributed by atoms with Crippen LogP contribution in [-0.4, -0.2) is 16.1 Å². The third kappa shape index (κ3) is 4.72. The number of rotatable bonds is 4. The summed E-state index contributed by atoms with van der Waals surface area (Å²) in [4.78, 5) is 10.4. The van der Waals surface area contributed by atoms with E-state index in [1.807, 2.05) is 12.1 Å². The minimum atomic E-state index is -0.146. The van der Waals surface area contributed by atoms with Crippen molar-refractivity contribution in [2.45, 2.75) is 12.0 Å². The first kappa shape index (κ1) is 31.1. The maximum absolute atomic E-state index is 6.80. The predicted octanol–water partition coefficient (Wildman–Crippen LogP) is 13.3. The molecule has 2 aliphatic rings. The van der Waals surface area contributed by atoms with Crippen LogP contribution >= 0.6 is 0 Å². The second-order valence-electron chi connectivity index (χ2n) is 14.8. The molecule has 10 aromatic rings. The van der Waals surface area contributed by atoms with Gasteiger partial charge in [0.1, 0.15) is 17.3 Å². The molecular formula is C52H32N2O2. The summed E-state index contributed by atoms with van der Waals surface area (Å²) < 4.78 is 13.4. The molecule has 0 amide bonds. The molecule has 3 heterocycles. The van der Waals surface area contributed by atoms with Crippen LogP contribution in [0.15, 0.2) is 186 Å². The summed E-state index contributed by atoms with van der Waals surface area (Å²) in [6.45, 7) is 0. The number of furan rings is 1. The zero-order chi connectivity index (χ0) is 36.7. The van der Waals surface area contributed by atoms with Crippen molar-refractivity contribution in [3.8, 4) is 39.7 Å². The first-order chi connectivity index (χ1) is 27.7. The quantitative estimate of drug-likeness (QED) is 0.170. The van der Waals surface area contributed by atoms with E-state index in [-0.39, 0.29) is 12.0 Å². The molecule has 0 fully saturated rings. The van der Waals surface area contributed by atoms with Gasteiger partial charge in [0.15, 0.2) is 5.82 Å². The normalized spacial score (nSPS) is 16.0. The lowest BCUT2D eigenvalue weighted by Gasteiger charge is -2.19. The smallest absolute Gasteiger partial charge is 0.222 e. The number of allylic oxidation sites excluding steroid dienone is 2. The molecule has 1 aliphatic carbocycles. The second-order valence-corrected chi connectivity index (χ2v) is 14.8. The maximum Gasteiger partial charge on any atom is 0.222 e. The van der Waals surface area contributed by atoms with E-state index in [9.17, 15) is 0 Å². The van der Waals surface area contributed by atoms with Gasteiger partial charge in [-0.25, -0.2) is 4.98 Å². The van der Waals surface area contributed by atoms with E-state index < -0.39 is 0 Å². The number of benzene rings is 8. The predicted molar refractivity (Wildman–Crippen MR) is 229 cm³/mol. The van der Waals surface area contributed by atoms with Gasteiger partial charge in [0.25, 0.3) is 0 Å². The fraction of sp³-hybridized carbons (Fsp3) is 0.0385. The largest absolute Gasteiger partial charge is 0.469 e. The lowest BCUT2D eigenvalue weighted by Crippen LogP contribution is -2.17. The Labute approximate surface area is 322 Å². The molecule has 56 heavy (non-hydrogen) atoms. The van der Waals surface area contributed by atoms with Gasteiger partial charge in [-0.2, -0.15) is 4.98 Å². The van der Waals surface area contributed by atoms with Crippen LogP contribution in [0.1, 0.15) is 17.0 Å². The molecule has 0 N–H and O–H groups in total. The summed E-state index contributed by atoms with van der Waals surface area (Å²) in [7, 11) is 0. The van der Waals surface area contributed by atoms with Gasteiger partial charge in [-0.05, 0) is 73.3 Å². The van der Waals surface area contributed by atoms with E-state index >= 15 is 0 Å². The standard InChI is InChI=1S/C52H32N2O2/c1-3-12-31(13-4-1)33-24-27-46-45(28-33)48-49(32-14-5-2-6-15-32)53-51(54-52(48)56-46)35-23-26-42-43-21-11-20-36(50(43)55-47(42)30-35)34-22-25-41-39-18-8-7-16-37(39)38-17-9-10-19-40(38)44(41)29-34/h1-30,45-46H. The van der Waals surface area contributed by atoms with Gasteiger partial charge < -0.3 is 9.15 Å². The molecular weight excluding hydrogens is 685 g/mol. The van der Waals surface area contributed by atoms with Crippen molar-refractivity contribution >= 4 is 59.8 Å². The van der Waals surface area contributed by atoms with Crippen molar-refractivity contribution in [3.63, 3.8) is 0 Å². The first-order valence-corrected chi connectivity index (χ1v) is 19.1. The molecule has 0 saturated carbocycles. The van der Waals surface area contributed by atoms with Gasteiger partial charge in [0.2, 0.25) is 5.88 Å². The zero-order valence-corrected chi connectivity index (χ0v) is 30.2. The monoisotopic (exact) mass is 716 g/mol. The molecule has 8 aromatic carbocycles. The summed E-state index contributed by atoms with van der Waals surface area (Å²) in [5.41, 5.74) is 10.0. The van der Waals surface area contributed by atoms with Crippen LogP contribution in [0, 0.1) is 0 Å². The van der Waals surface area contributed by atoms with Crippen molar-refractivity contribution in [1.29, 1.82) is 0 Å². The highest BCUT2D eigenvalue weighted by Gasteiger charge is 2.38. The van der Waals surface area contributed by atoms with E-state index in [0.717, 1.165) is 55.4 Å². The molecule has 4 heteroatoms. The number of hydrogen-bond acceptors (Lipinski definition) is 4. The van der Waals surface area contributed by atoms with E-state index in [1.165, 1.54) is 43.5 Å². The average Bonchev–Trinajstić information content (AvgIpc) is 3.84. The fourth-order valence-corrected chi connectivity index (χ4v) is 9.00. The van der Waals surface area contributed by atoms with Crippen LogP contribution in [-0.2, 0) is 0 Å². The topological polar surface area (TPSA) is 48.2 Å².